The quantitative estimate of drug-likeness (QED) is 0.910. The van der Waals surface area contributed by atoms with Gasteiger partial charge in [0, 0.05) is 18.8 Å². The molecular formula is C15H19N3O2. The summed E-state index contributed by atoms with van der Waals surface area (Å²) in [5, 5.41) is 6.61. The van der Waals surface area contributed by atoms with E-state index in [-0.39, 0.29) is 18.4 Å². The number of carbonyl (C=O) groups excluding carboxylic acids is 1. The highest BCUT2D eigenvalue weighted by Crippen LogP contribution is 2.17. The number of aromatic nitrogens is 1. The van der Waals surface area contributed by atoms with E-state index in [4.69, 9.17) is 4.52 Å². The average molecular weight is 273 g/mol. The van der Waals surface area contributed by atoms with Gasteiger partial charge in [-0.1, -0.05) is 37.2 Å². The summed E-state index contributed by atoms with van der Waals surface area (Å²) >= 11 is 0. The summed E-state index contributed by atoms with van der Waals surface area (Å²) in [6.07, 6.45) is 0. The van der Waals surface area contributed by atoms with Crippen LogP contribution in [0.5, 0.6) is 0 Å². The Hall–Kier alpha value is -2.30. The Balaban J connectivity index is 1.92. The molecule has 5 nitrogen and oxygen atoms in total. The van der Waals surface area contributed by atoms with E-state index >= 15 is 0 Å². The molecule has 0 spiro atoms. The predicted molar refractivity (Wildman–Crippen MR) is 78.9 cm³/mol. The number of nitrogens with zero attached hydrogens (tertiary/aromatic N) is 2. The number of hydrogen-bond donors (Lipinski definition) is 1. The van der Waals surface area contributed by atoms with Crippen molar-refractivity contribution in [2.75, 3.05) is 23.8 Å². The first-order valence-corrected chi connectivity index (χ1v) is 6.59. The molecule has 2 rings (SSSR count). The second-order valence-electron chi connectivity index (χ2n) is 5.01. The van der Waals surface area contributed by atoms with Gasteiger partial charge in [0.25, 0.3) is 0 Å². The Morgan fingerprint density at radius 2 is 2.05 bits per heavy atom. The first kappa shape index (κ1) is 14.1. The largest absolute Gasteiger partial charge is 0.365 e. The number of para-hydroxylation sites is 1. The third kappa shape index (κ3) is 3.60. The van der Waals surface area contributed by atoms with Crippen molar-refractivity contribution in [2.24, 2.45) is 0 Å². The van der Waals surface area contributed by atoms with Gasteiger partial charge in [0.15, 0.2) is 0 Å². The summed E-state index contributed by atoms with van der Waals surface area (Å²) in [6, 6.07) is 11.5. The number of rotatable bonds is 5. The lowest BCUT2D eigenvalue weighted by molar-refractivity contribution is -0.115. The fourth-order valence-electron chi connectivity index (χ4n) is 1.79. The molecule has 0 aliphatic rings. The number of carbonyl (C=O) groups is 1. The minimum absolute atomic E-state index is 0.136. The number of anilines is 2. The van der Waals surface area contributed by atoms with Crippen molar-refractivity contribution in [2.45, 2.75) is 19.8 Å². The molecule has 2 aromatic rings. The molecular weight excluding hydrogens is 254 g/mol. The summed E-state index contributed by atoms with van der Waals surface area (Å²) in [5.74, 6) is 0.527. The summed E-state index contributed by atoms with van der Waals surface area (Å²) in [7, 11) is 1.87. The standard InChI is InChI=1S/C15H19N3O2/c1-11(2)13-9-15(20-17-13)16-14(19)10-18(3)12-7-5-4-6-8-12/h4-9,11H,10H2,1-3H3,(H,16,19). The van der Waals surface area contributed by atoms with Crippen LogP contribution in [0.3, 0.4) is 0 Å². The van der Waals surface area contributed by atoms with Crippen LogP contribution in [-0.4, -0.2) is 24.7 Å². The number of likely N-dealkylation sites (N-methyl/N-ethyl adjacent to an activating group) is 1. The molecule has 0 saturated carbocycles. The highest BCUT2D eigenvalue weighted by Gasteiger charge is 2.12. The lowest BCUT2D eigenvalue weighted by Crippen LogP contribution is -2.29. The molecule has 0 unspecified atom stereocenters. The monoisotopic (exact) mass is 273 g/mol. The van der Waals surface area contributed by atoms with E-state index in [1.165, 1.54) is 0 Å². The van der Waals surface area contributed by atoms with E-state index in [1.807, 2.05) is 56.1 Å². The van der Waals surface area contributed by atoms with Crippen molar-refractivity contribution < 1.29 is 9.32 Å². The van der Waals surface area contributed by atoms with Crippen LogP contribution in [0.15, 0.2) is 40.9 Å². The smallest absolute Gasteiger partial charge is 0.246 e. The summed E-state index contributed by atoms with van der Waals surface area (Å²) < 4.78 is 5.08. The van der Waals surface area contributed by atoms with Gasteiger partial charge in [0.05, 0.1) is 12.2 Å². The van der Waals surface area contributed by atoms with Crippen molar-refractivity contribution in [3.05, 3.63) is 42.1 Å². The zero-order chi connectivity index (χ0) is 14.5. The molecule has 0 bridgehead atoms. The van der Waals surface area contributed by atoms with E-state index < -0.39 is 0 Å². The van der Waals surface area contributed by atoms with Gasteiger partial charge in [-0.15, -0.1) is 0 Å². The summed E-state index contributed by atoms with van der Waals surface area (Å²) in [4.78, 5) is 13.8. The molecule has 1 N–H and O–H groups in total. The maximum Gasteiger partial charge on any atom is 0.246 e. The molecule has 20 heavy (non-hydrogen) atoms. The van der Waals surface area contributed by atoms with Crippen molar-refractivity contribution in [3.8, 4) is 0 Å². The average Bonchev–Trinajstić information content (AvgIpc) is 2.88. The third-order valence-electron chi connectivity index (χ3n) is 2.96. The molecule has 1 heterocycles. The topological polar surface area (TPSA) is 58.4 Å². The first-order valence-electron chi connectivity index (χ1n) is 6.59. The Labute approximate surface area is 118 Å². The lowest BCUT2D eigenvalue weighted by Gasteiger charge is -2.17. The van der Waals surface area contributed by atoms with Crippen molar-refractivity contribution in [1.82, 2.24) is 5.16 Å². The van der Waals surface area contributed by atoms with Gasteiger partial charge < -0.3 is 9.42 Å². The summed E-state index contributed by atoms with van der Waals surface area (Å²) in [6.45, 7) is 4.29. The van der Waals surface area contributed by atoms with Gasteiger partial charge in [-0.3, -0.25) is 10.1 Å². The highest BCUT2D eigenvalue weighted by molar-refractivity contribution is 5.92. The van der Waals surface area contributed by atoms with Gasteiger partial charge >= 0.3 is 0 Å². The van der Waals surface area contributed by atoms with Crippen LogP contribution in [0, 0.1) is 0 Å². The maximum atomic E-state index is 11.9. The molecule has 5 heteroatoms. The minimum atomic E-state index is -0.136. The molecule has 0 atom stereocenters. The Morgan fingerprint density at radius 3 is 2.65 bits per heavy atom. The number of benzene rings is 1. The minimum Gasteiger partial charge on any atom is -0.365 e. The van der Waals surface area contributed by atoms with Crippen LogP contribution >= 0.6 is 0 Å². The van der Waals surface area contributed by atoms with E-state index in [2.05, 4.69) is 10.5 Å². The van der Waals surface area contributed by atoms with Crippen LogP contribution in [0.1, 0.15) is 25.5 Å². The number of nitrogens with one attached hydrogen (secondary N) is 1. The molecule has 0 aliphatic heterocycles. The predicted octanol–water partition coefficient (Wildman–Crippen LogP) is 2.87. The molecule has 1 aromatic heterocycles. The Kier molecular flexibility index (Phi) is 4.40. The maximum absolute atomic E-state index is 11.9. The summed E-state index contributed by atoms with van der Waals surface area (Å²) in [5.41, 5.74) is 1.82. The fourth-order valence-corrected chi connectivity index (χ4v) is 1.79. The van der Waals surface area contributed by atoms with Gasteiger partial charge in [0.2, 0.25) is 11.8 Å². The van der Waals surface area contributed by atoms with Crippen LogP contribution < -0.4 is 10.2 Å². The molecule has 0 saturated heterocycles. The SMILES string of the molecule is CC(C)c1cc(NC(=O)CN(C)c2ccccc2)on1. The number of hydrogen-bond acceptors (Lipinski definition) is 4. The van der Waals surface area contributed by atoms with Crippen molar-refractivity contribution in [1.29, 1.82) is 0 Å². The van der Waals surface area contributed by atoms with Gasteiger partial charge in [0.1, 0.15) is 0 Å². The zero-order valence-electron chi connectivity index (χ0n) is 12.0. The normalized spacial score (nSPS) is 10.6. The van der Waals surface area contributed by atoms with Gasteiger partial charge in [-0.25, -0.2) is 0 Å². The van der Waals surface area contributed by atoms with E-state index in [1.54, 1.807) is 6.07 Å². The van der Waals surface area contributed by atoms with E-state index in [0.29, 0.717) is 5.88 Å². The van der Waals surface area contributed by atoms with E-state index in [9.17, 15) is 4.79 Å². The number of amides is 1. The van der Waals surface area contributed by atoms with Crippen LogP contribution in [0.4, 0.5) is 11.6 Å². The fraction of sp³-hybridized carbons (Fsp3) is 0.333. The molecule has 0 fully saturated rings. The van der Waals surface area contributed by atoms with Crippen molar-refractivity contribution in [3.63, 3.8) is 0 Å². The van der Waals surface area contributed by atoms with Crippen molar-refractivity contribution >= 4 is 17.5 Å². The Morgan fingerprint density at radius 1 is 1.35 bits per heavy atom. The molecule has 0 radical (unpaired) electrons. The molecule has 106 valence electrons. The molecule has 1 aromatic carbocycles. The first-order chi connectivity index (χ1) is 9.56. The van der Waals surface area contributed by atoms with Crippen LogP contribution in [0.25, 0.3) is 0 Å². The van der Waals surface area contributed by atoms with Crippen LogP contribution in [-0.2, 0) is 4.79 Å². The van der Waals surface area contributed by atoms with E-state index in [0.717, 1.165) is 11.4 Å². The third-order valence-corrected chi connectivity index (χ3v) is 2.96. The zero-order valence-corrected chi connectivity index (χ0v) is 12.0. The molecule has 0 aliphatic carbocycles. The Bertz CT molecular complexity index is 564. The lowest BCUT2D eigenvalue weighted by atomic mass is 10.1. The second kappa shape index (κ2) is 6.23. The van der Waals surface area contributed by atoms with Gasteiger partial charge in [-0.05, 0) is 18.1 Å². The second-order valence-corrected chi connectivity index (χ2v) is 5.01. The molecule has 1 amide bonds. The van der Waals surface area contributed by atoms with Gasteiger partial charge in [-0.2, -0.15) is 0 Å². The van der Waals surface area contributed by atoms with Crippen LogP contribution in [0.2, 0.25) is 0 Å². The highest BCUT2D eigenvalue weighted by atomic mass is 16.5.